The van der Waals surface area contributed by atoms with E-state index in [-0.39, 0.29) is 17.5 Å². The van der Waals surface area contributed by atoms with Crippen molar-refractivity contribution in [3.05, 3.63) is 51.1 Å². The highest BCUT2D eigenvalue weighted by Crippen LogP contribution is 2.33. The van der Waals surface area contributed by atoms with Crippen molar-refractivity contribution >= 4 is 28.5 Å². The van der Waals surface area contributed by atoms with E-state index in [0.717, 1.165) is 6.07 Å². The molecular formula is C21H19F8N3O4S. The third kappa shape index (κ3) is 6.93. The van der Waals surface area contributed by atoms with Crippen LogP contribution in [0.5, 0.6) is 11.5 Å². The van der Waals surface area contributed by atoms with Crippen LogP contribution in [0, 0.1) is 33.4 Å². The van der Waals surface area contributed by atoms with E-state index in [1.165, 1.54) is 30.3 Å². The van der Waals surface area contributed by atoms with Crippen LogP contribution in [0.1, 0.15) is 12.5 Å². The molecule has 16 heteroatoms. The highest BCUT2D eigenvalue weighted by atomic mass is 32.2. The van der Waals surface area contributed by atoms with Gasteiger partial charge in [0.1, 0.15) is 24.2 Å². The average molecular weight is 561 g/mol. The van der Waals surface area contributed by atoms with Gasteiger partial charge in [0.05, 0.1) is 10.5 Å². The molecule has 0 aliphatic carbocycles. The van der Waals surface area contributed by atoms with Gasteiger partial charge in [0.2, 0.25) is 5.82 Å². The smallest absolute Gasteiger partial charge is 0.311 e. The summed E-state index contributed by atoms with van der Waals surface area (Å²) in [6.45, 7) is -0.728. The Labute approximate surface area is 208 Å². The van der Waals surface area contributed by atoms with Crippen LogP contribution in [0.25, 0.3) is 11.0 Å². The van der Waals surface area contributed by atoms with Gasteiger partial charge >= 0.3 is 5.69 Å². The van der Waals surface area contributed by atoms with Crippen molar-refractivity contribution in [3.63, 3.8) is 0 Å². The molecule has 0 spiro atoms. The van der Waals surface area contributed by atoms with Crippen LogP contribution >= 0.6 is 11.8 Å². The minimum absolute atomic E-state index is 0.103. The fourth-order valence-corrected chi connectivity index (χ4v) is 3.67. The number of fused-ring (bicyclic) bond motifs is 1. The number of thioether (sulfide) groups is 1. The number of halogens is 8. The van der Waals surface area contributed by atoms with Gasteiger partial charge in [-0.05, 0) is 12.7 Å². The first-order valence-electron chi connectivity index (χ1n) is 10.2. The van der Waals surface area contributed by atoms with Crippen LogP contribution in [-0.4, -0.2) is 46.8 Å². The van der Waals surface area contributed by atoms with Crippen LogP contribution in [0.15, 0.2) is 17.3 Å². The van der Waals surface area contributed by atoms with E-state index in [0.29, 0.717) is 11.2 Å². The van der Waals surface area contributed by atoms with Crippen LogP contribution < -0.4 is 9.47 Å². The molecular weight excluding hydrogens is 542 g/mol. The van der Waals surface area contributed by atoms with E-state index in [1.807, 2.05) is 0 Å². The summed E-state index contributed by atoms with van der Waals surface area (Å²) in [5, 5.41) is 11.0. The lowest BCUT2D eigenvalue weighted by atomic mass is 10.1. The molecule has 0 saturated heterocycles. The number of hydrogen-bond acceptors (Lipinski definition) is 6. The van der Waals surface area contributed by atoms with Crippen molar-refractivity contribution in [1.29, 1.82) is 0 Å². The van der Waals surface area contributed by atoms with Gasteiger partial charge in [-0.25, -0.2) is 35.7 Å². The number of hydrogen-bond donors (Lipinski definition) is 0. The number of aryl methyl sites for hydroxylation is 1. The van der Waals surface area contributed by atoms with E-state index in [9.17, 15) is 45.2 Å². The second-order valence-corrected chi connectivity index (χ2v) is 7.81. The van der Waals surface area contributed by atoms with Gasteiger partial charge in [0.25, 0.3) is 12.9 Å². The Hall–Kier alpha value is -3.30. The van der Waals surface area contributed by atoms with Gasteiger partial charge in [-0.3, -0.25) is 10.1 Å². The summed E-state index contributed by atoms with van der Waals surface area (Å²) >= 11 is 1.22. The number of ether oxygens (including phenoxy) is 2. The molecule has 1 aromatic heterocycles. The molecule has 0 aliphatic heterocycles. The number of aromatic nitrogens is 2. The Morgan fingerprint density at radius 1 is 1.00 bits per heavy atom. The molecule has 0 radical (unpaired) electrons. The predicted molar refractivity (Wildman–Crippen MR) is 118 cm³/mol. The van der Waals surface area contributed by atoms with Gasteiger partial charge in [-0.1, -0.05) is 18.7 Å². The zero-order valence-corrected chi connectivity index (χ0v) is 20.2. The fourth-order valence-electron chi connectivity index (χ4n) is 3.12. The Balaban J connectivity index is 0.000000261. The number of nitrogens with zero attached hydrogens (tertiary/aromatic N) is 3. The summed E-state index contributed by atoms with van der Waals surface area (Å²) in [6.07, 6.45) is -4.06. The molecule has 0 unspecified atom stereocenters. The highest BCUT2D eigenvalue weighted by molar-refractivity contribution is 7.98. The summed E-state index contributed by atoms with van der Waals surface area (Å²) in [5.41, 5.74) is -1.76. The van der Waals surface area contributed by atoms with Gasteiger partial charge in [-0.15, -0.1) is 0 Å². The van der Waals surface area contributed by atoms with Crippen molar-refractivity contribution in [2.75, 3.05) is 19.5 Å². The molecule has 0 N–H and O–H groups in total. The largest absolute Gasteiger partial charge is 0.484 e. The number of rotatable bonds is 9. The maximum atomic E-state index is 14.1. The van der Waals surface area contributed by atoms with E-state index in [2.05, 4.69) is 14.5 Å². The van der Waals surface area contributed by atoms with Gasteiger partial charge < -0.3 is 14.0 Å². The molecule has 0 saturated carbocycles. The van der Waals surface area contributed by atoms with Crippen LogP contribution in [-0.2, 0) is 13.5 Å². The van der Waals surface area contributed by atoms with Gasteiger partial charge in [0, 0.05) is 19.2 Å². The first-order chi connectivity index (χ1) is 17.3. The van der Waals surface area contributed by atoms with Gasteiger partial charge in [0.15, 0.2) is 34.1 Å². The molecule has 0 amide bonds. The monoisotopic (exact) mass is 561 g/mol. The zero-order valence-electron chi connectivity index (χ0n) is 19.3. The van der Waals surface area contributed by atoms with Crippen molar-refractivity contribution in [2.24, 2.45) is 7.05 Å². The third-order valence-corrected chi connectivity index (χ3v) is 5.39. The second kappa shape index (κ2) is 12.8. The number of nitro groups is 1. The molecule has 204 valence electrons. The van der Waals surface area contributed by atoms with Gasteiger partial charge in [-0.2, -0.15) is 4.39 Å². The standard InChI is InChI=1S/C11H10F4N2OS.C10H9F4NO3/c1-17-10-8(15)6(18-4-7(13)14)3-5(12)9(10)16-11(17)19-2;1-2-5-9(14)7(18-4-8(12)13)3-6(11)10(5)15(16)17/h3,7H,4H2,1-2H3;3,8H,2,4H2,1H3. The minimum Gasteiger partial charge on any atom is -0.484 e. The van der Waals surface area contributed by atoms with Crippen molar-refractivity contribution in [2.45, 2.75) is 31.4 Å². The lowest BCUT2D eigenvalue weighted by Gasteiger charge is -2.10. The maximum absolute atomic E-state index is 14.1. The molecule has 2 aromatic carbocycles. The fraction of sp³-hybridized carbons (Fsp3) is 0.381. The number of benzene rings is 2. The SMILES string of the molecule is CCc1c(F)c(OCC(F)F)cc(F)c1[N+](=O)[O-].CSc1nc2c(F)cc(OCC(F)F)c(F)c2n1C. The number of imidazole rings is 1. The maximum Gasteiger partial charge on any atom is 0.311 e. The Morgan fingerprint density at radius 3 is 1.97 bits per heavy atom. The first kappa shape index (κ1) is 29.9. The van der Waals surface area contributed by atoms with E-state index < -0.39 is 77.0 Å². The lowest BCUT2D eigenvalue weighted by molar-refractivity contribution is -0.388. The van der Waals surface area contributed by atoms with E-state index in [1.54, 1.807) is 6.26 Å². The van der Waals surface area contributed by atoms with Crippen molar-refractivity contribution < 1.29 is 49.5 Å². The predicted octanol–water partition coefficient (Wildman–Crippen LogP) is 6.30. The first-order valence-corrected chi connectivity index (χ1v) is 11.4. The molecule has 0 atom stereocenters. The molecule has 37 heavy (non-hydrogen) atoms. The van der Waals surface area contributed by atoms with Crippen molar-refractivity contribution in [1.82, 2.24) is 9.55 Å². The Morgan fingerprint density at radius 2 is 1.51 bits per heavy atom. The van der Waals surface area contributed by atoms with Crippen LogP contribution in [0.2, 0.25) is 0 Å². The minimum atomic E-state index is -2.85. The normalized spacial score (nSPS) is 11.2. The second-order valence-electron chi connectivity index (χ2n) is 7.04. The van der Waals surface area contributed by atoms with Crippen LogP contribution in [0.4, 0.5) is 40.8 Å². The summed E-state index contributed by atoms with van der Waals surface area (Å²) in [5.74, 6) is -5.51. The van der Waals surface area contributed by atoms with E-state index in [4.69, 9.17) is 0 Å². The topological polar surface area (TPSA) is 79.4 Å². The average Bonchev–Trinajstić information content (AvgIpc) is 3.17. The zero-order chi connectivity index (χ0) is 28.0. The molecule has 3 rings (SSSR count). The van der Waals surface area contributed by atoms with Crippen LogP contribution in [0.3, 0.4) is 0 Å². The molecule has 1 heterocycles. The molecule has 0 bridgehead atoms. The molecule has 7 nitrogen and oxygen atoms in total. The Bertz CT molecular complexity index is 1270. The number of nitro benzene ring substituents is 1. The summed E-state index contributed by atoms with van der Waals surface area (Å²) in [6, 6.07) is 1.13. The highest BCUT2D eigenvalue weighted by Gasteiger charge is 2.27. The quantitative estimate of drug-likeness (QED) is 0.132. The summed E-state index contributed by atoms with van der Waals surface area (Å²) in [4.78, 5) is 13.4. The third-order valence-electron chi connectivity index (χ3n) is 4.66. The lowest BCUT2D eigenvalue weighted by Crippen LogP contribution is -2.10. The molecule has 0 fully saturated rings. The number of alkyl halides is 4. The van der Waals surface area contributed by atoms with E-state index >= 15 is 0 Å². The summed E-state index contributed by atoms with van der Waals surface area (Å²) < 4.78 is 113. The van der Waals surface area contributed by atoms with Crippen molar-refractivity contribution in [3.8, 4) is 11.5 Å². The molecule has 0 aliphatic rings. The molecule has 3 aromatic rings. The summed E-state index contributed by atoms with van der Waals surface area (Å²) in [7, 11) is 1.51. The Kier molecular flexibility index (Phi) is 10.3.